The summed E-state index contributed by atoms with van der Waals surface area (Å²) in [6.07, 6.45) is 1.74. The lowest BCUT2D eigenvalue weighted by Gasteiger charge is -2.17. The van der Waals surface area contributed by atoms with Crippen molar-refractivity contribution in [1.82, 2.24) is 4.90 Å². The molecule has 0 N–H and O–H groups in total. The third kappa shape index (κ3) is 4.82. The molecule has 1 heterocycles. The van der Waals surface area contributed by atoms with Crippen LogP contribution in [-0.2, 0) is 14.3 Å². The van der Waals surface area contributed by atoms with Crippen molar-refractivity contribution in [3.05, 3.63) is 45.0 Å². The molecule has 2 rings (SSSR count). The van der Waals surface area contributed by atoms with E-state index >= 15 is 0 Å². The first-order chi connectivity index (χ1) is 12.5. The molecule has 0 saturated carbocycles. The molecule has 0 atom stereocenters. The minimum Gasteiger partial charge on any atom is -0.485 e. The maximum absolute atomic E-state index is 11.9. The SMILES string of the molecule is CCOC(=O)/C=C1\SCC(=O)N1CCOc1ccc(C=O)cc1[N+](=O)[O-]. The van der Waals surface area contributed by atoms with Crippen molar-refractivity contribution < 1.29 is 28.8 Å². The van der Waals surface area contributed by atoms with E-state index in [4.69, 9.17) is 9.47 Å². The fourth-order valence-corrected chi connectivity index (χ4v) is 3.13. The molecular weight excluding hydrogens is 364 g/mol. The quantitative estimate of drug-likeness (QED) is 0.220. The van der Waals surface area contributed by atoms with Gasteiger partial charge in [-0.05, 0) is 19.1 Å². The molecule has 1 aromatic carbocycles. The first kappa shape index (κ1) is 19.4. The molecule has 9 nitrogen and oxygen atoms in total. The predicted octanol–water partition coefficient (Wildman–Crippen LogP) is 1.77. The van der Waals surface area contributed by atoms with Crippen LogP contribution >= 0.6 is 11.8 Å². The van der Waals surface area contributed by atoms with Crippen LogP contribution in [0.2, 0.25) is 0 Å². The number of amides is 1. The van der Waals surface area contributed by atoms with Crippen LogP contribution in [0.15, 0.2) is 29.3 Å². The van der Waals surface area contributed by atoms with Crippen molar-refractivity contribution in [1.29, 1.82) is 0 Å². The maximum Gasteiger partial charge on any atom is 0.333 e. The molecule has 1 saturated heterocycles. The number of hydrogen-bond donors (Lipinski definition) is 0. The zero-order chi connectivity index (χ0) is 19.1. The van der Waals surface area contributed by atoms with Gasteiger partial charge in [0.1, 0.15) is 12.9 Å². The van der Waals surface area contributed by atoms with Crippen LogP contribution in [0.1, 0.15) is 17.3 Å². The lowest BCUT2D eigenvalue weighted by molar-refractivity contribution is -0.385. The maximum atomic E-state index is 11.9. The second-order valence-corrected chi connectivity index (χ2v) is 6.01. The Kier molecular flexibility index (Phi) is 6.73. The molecule has 0 bridgehead atoms. The molecule has 1 aromatic rings. The summed E-state index contributed by atoms with van der Waals surface area (Å²) in [6.45, 7) is 2.00. The molecule has 26 heavy (non-hydrogen) atoms. The Morgan fingerprint density at radius 2 is 2.23 bits per heavy atom. The number of rotatable bonds is 8. The number of esters is 1. The van der Waals surface area contributed by atoms with Crippen LogP contribution in [0.5, 0.6) is 5.75 Å². The van der Waals surface area contributed by atoms with E-state index in [9.17, 15) is 24.5 Å². The summed E-state index contributed by atoms with van der Waals surface area (Å²) in [6, 6.07) is 3.85. The molecule has 0 unspecified atom stereocenters. The van der Waals surface area contributed by atoms with Gasteiger partial charge in [-0.25, -0.2) is 4.79 Å². The molecule has 1 fully saturated rings. The summed E-state index contributed by atoms with van der Waals surface area (Å²) in [5, 5.41) is 11.5. The Labute approximate surface area is 153 Å². The highest BCUT2D eigenvalue weighted by Crippen LogP contribution is 2.30. The summed E-state index contributed by atoms with van der Waals surface area (Å²) >= 11 is 1.21. The number of carbonyl (C=O) groups excluding carboxylic acids is 3. The average molecular weight is 380 g/mol. The van der Waals surface area contributed by atoms with E-state index in [1.165, 1.54) is 34.9 Å². The summed E-state index contributed by atoms with van der Waals surface area (Å²) in [5.41, 5.74) is -0.172. The number of benzene rings is 1. The number of nitro benzene ring substituents is 1. The van der Waals surface area contributed by atoms with Gasteiger partial charge in [0, 0.05) is 11.6 Å². The summed E-state index contributed by atoms with van der Waals surface area (Å²) in [7, 11) is 0. The predicted molar refractivity (Wildman–Crippen MR) is 92.9 cm³/mol. The van der Waals surface area contributed by atoms with Gasteiger partial charge in [-0.1, -0.05) is 11.8 Å². The Morgan fingerprint density at radius 3 is 2.88 bits per heavy atom. The van der Waals surface area contributed by atoms with Crippen molar-refractivity contribution in [2.45, 2.75) is 6.92 Å². The number of aldehydes is 1. The zero-order valence-electron chi connectivity index (χ0n) is 13.9. The van der Waals surface area contributed by atoms with Crippen molar-refractivity contribution in [2.24, 2.45) is 0 Å². The van der Waals surface area contributed by atoms with Gasteiger partial charge in [0.05, 0.1) is 34.9 Å². The molecule has 0 radical (unpaired) electrons. The summed E-state index contributed by atoms with van der Waals surface area (Å²) < 4.78 is 10.2. The summed E-state index contributed by atoms with van der Waals surface area (Å²) in [4.78, 5) is 46.0. The highest BCUT2D eigenvalue weighted by molar-refractivity contribution is 8.04. The third-order valence-electron chi connectivity index (χ3n) is 3.33. The van der Waals surface area contributed by atoms with Crippen LogP contribution in [0.4, 0.5) is 5.69 Å². The first-order valence-corrected chi connectivity index (χ1v) is 8.62. The van der Waals surface area contributed by atoms with E-state index < -0.39 is 10.9 Å². The van der Waals surface area contributed by atoms with E-state index in [2.05, 4.69) is 0 Å². The molecule has 1 amide bonds. The topological polar surface area (TPSA) is 116 Å². The Balaban J connectivity index is 2.04. The Morgan fingerprint density at radius 1 is 1.46 bits per heavy atom. The fourth-order valence-electron chi connectivity index (χ4n) is 2.17. The van der Waals surface area contributed by atoms with Crippen molar-refractivity contribution >= 4 is 35.6 Å². The van der Waals surface area contributed by atoms with E-state index in [1.807, 2.05) is 0 Å². The fraction of sp³-hybridized carbons (Fsp3) is 0.312. The summed E-state index contributed by atoms with van der Waals surface area (Å²) in [5.74, 6) is -0.550. The lowest BCUT2D eigenvalue weighted by Crippen LogP contribution is -2.29. The van der Waals surface area contributed by atoms with Gasteiger partial charge < -0.3 is 14.4 Å². The van der Waals surface area contributed by atoms with Crippen LogP contribution in [0.3, 0.4) is 0 Å². The second kappa shape index (κ2) is 8.99. The number of carbonyl (C=O) groups is 3. The molecular formula is C16H16N2O7S. The number of nitro groups is 1. The van der Waals surface area contributed by atoms with Crippen LogP contribution in [0, 0.1) is 10.1 Å². The number of ether oxygens (including phenoxy) is 2. The van der Waals surface area contributed by atoms with Gasteiger partial charge in [0.15, 0.2) is 5.75 Å². The van der Waals surface area contributed by atoms with Crippen LogP contribution in [0.25, 0.3) is 0 Å². The van der Waals surface area contributed by atoms with Crippen molar-refractivity contribution in [3.8, 4) is 5.75 Å². The number of thioether (sulfide) groups is 1. The molecule has 1 aliphatic heterocycles. The van der Waals surface area contributed by atoms with E-state index in [-0.39, 0.29) is 48.4 Å². The monoisotopic (exact) mass is 380 g/mol. The molecule has 138 valence electrons. The van der Waals surface area contributed by atoms with Gasteiger partial charge >= 0.3 is 11.7 Å². The van der Waals surface area contributed by atoms with Gasteiger partial charge in [-0.15, -0.1) is 0 Å². The van der Waals surface area contributed by atoms with E-state index in [0.29, 0.717) is 11.3 Å². The number of nitrogens with zero attached hydrogens (tertiary/aromatic N) is 2. The largest absolute Gasteiger partial charge is 0.485 e. The van der Waals surface area contributed by atoms with Gasteiger partial charge in [0.2, 0.25) is 5.91 Å². The molecule has 0 aliphatic carbocycles. The Bertz CT molecular complexity index is 763. The lowest BCUT2D eigenvalue weighted by atomic mass is 10.2. The van der Waals surface area contributed by atoms with E-state index in [1.54, 1.807) is 6.92 Å². The highest BCUT2D eigenvalue weighted by atomic mass is 32.2. The van der Waals surface area contributed by atoms with Gasteiger partial charge in [-0.2, -0.15) is 0 Å². The molecule has 1 aliphatic rings. The second-order valence-electron chi connectivity index (χ2n) is 5.02. The van der Waals surface area contributed by atoms with E-state index in [0.717, 1.165) is 6.07 Å². The minimum absolute atomic E-state index is 0.00387. The average Bonchev–Trinajstić information content (AvgIpc) is 2.95. The van der Waals surface area contributed by atoms with Gasteiger partial charge in [0.25, 0.3) is 0 Å². The zero-order valence-corrected chi connectivity index (χ0v) is 14.7. The molecule has 0 aromatic heterocycles. The Hall–Kier alpha value is -2.88. The highest BCUT2D eigenvalue weighted by Gasteiger charge is 2.27. The standard InChI is InChI=1S/C16H16N2O7S/c1-2-24-16(21)8-15-17(14(20)10-26-15)5-6-25-13-4-3-11(9-19)7-12(13)18(22)23/h3-4,7-9H,2,5-6,10H2,1H3/b15-8-. The first-order valence-electron chi connectivity index (χ1n) is 7.64. The molecule has 10 heteroatoms. The van der Waals surface area contributed by atoms with Crippen LogP contribution in [-0.4, -0.2) is 53.5 Å². The smallest absolute Gasteiger partial charge is 0.333 e. The number of hydrogen-bond acceptors (Lipinski definition) is 8. The third-order valence-corrected chi connectivity index (χ3v) is 4.35. The van der Waals surface area contributed by atoms with Crippen molar-refractivity contribution in [3.63, 3.8) is 0 Å². The normalized spacial score (nSPS) is 15.2. The van der Waals surface area contributed by atoms with Gasteiger partial charge in [-0.3, -0.25) is 19.7 Å². The minimum atomic E-state index is -0.648. The molecule has 0 spiro atoms. The van der Waals surface area contributed by atoms with Crippen LogP contribution < -0.4 is 4.74 Å². The van der Waals surface area contributed by atoms with Crippen molar-refractivity contribution in [2.75, 3.05) is 25.5 Å².